The second-order valence-corrected chi connectivity index (χ2v) is 5.08. The molecule has 0 saturated heterocycles. The molecule has 0 spiro atoms. The van der Waals surface area contributed by atoms with Gasteiger partial charge in [-0.1, -0.05) is 6.92 Å². The van der Waals surface area contributed by atoms with Gasteiger partial charge in [0.05, 0.1) is 19.2 Å². The number of carbonyl (C=O) groups is 2. The summed E-state index contributed by atoms with van der Waals surface area (Å²) in [6, 6.07) is 0. The predicted octanol–water partition coefficient (Wildman–Crippen LogP) is 1.51. The summed E-state index contributed by atoms with van der Waals surface area (Å²) in [6.45, 7) is 2.09. The highest BCUT2D eigenvalue weighted by atomic mass is 16.5. The first-order chi connectivity index (χ1) is 9.56. The molecule has 1 aliphatic rings. The molecule has 1 aromatic rings. The van der Waals surface area contributed by atoms with Crippen molar-refractivity contribution >= 4 is 11.9 Å². The van der Waals surface area contributed by atoms with Crippen LogP contribution in [0.3, 0.4) is 0 Å². The Balaban J connectivity index is 2.37. The average molecular weight is 280 g/mol. The highest BCUT2D eigenvalue weighted by Crippen LogP contribution is 2.36. The molecule has 0 bridgehead atoms. The minimum atomic E-state index is -0.786. The number of nitrogens with zero attached hydrogens (tertiary/aromatic N) is 2. The van der Waals surface area contributed by atoms with Gasteiger partial charge in [-0.15, -0.1) is 0 Å². The first-order valence-corrected chi connectivity index (χ1v) is 6.93. The van der Waals surface area contributed by atoms with Gasteiger partial charge in [-0.25, -0.2) is 0 Å². The fourth-order valence-electron chi connectivity index (χ4n) is 2.95. The largest absolute Gasteiger partial charge is 0.481 e. The minimum absolute atomic E-state index is 0.0117. The maximum atomic E-state index is 11.4. The molecule has 1 N–H and O–H groups in total. The van der Waals surface area contributed by atoms with Crippen LogP contribution in [0.4, 0.5) is 0 Å². The molecule has 0 aliphatic heterocycles. The molecule has 20 heavy (non-hydrogen) atoms. The fourth-order valence-corrected chi connectivity index (χ4v) is 2.95. The van der Waals surface area contributed by atoms with Crippen LogP contribution in [0.5, 0.6) is 0 Å². The summed E-state index contributed by atoms with van der Waals surface area (Å²) >= 11 is 0. The number of aryl methyl sites for hydroxylation is 1. The van der Waals surface area contributed by atoms with Crippen molar-refractivity contribution in [3.05, 3.63) is 17.0 Å². The molecular formula is C14H20N2O4. The van der Waals surface area contributed by atoms with Crippen molar-refractivity contribution in [2.24, 2.45) is 0 Å². The zero-order chi connectivity index (χ0) is 14.7. The molecule has 0 amide bonds. The van der Waals surface area contributed by atoms with E-state index in [1.807, 2.05) is 6.92 Å². The van der Waals surface area contributed by atoms with Gasteiger partial charge in [-0.2, -0.15) is 5.10 Å². The molecule has 1 aliphatic carbocycles. The monoisotopic (exact) mass is 280 g/mol. The molecule has 6 heteroatoms. The van der Waals surface area contributed by atoms with Gasteiger partial charge in [0.2, 0.25) is 0 Å². The molecule has 0 saturated carbocycles. The van der Waals surface area contributed by atoms with E-state index >= 15 is 0 Å². The minimum Gasteiger partial charge on any atom is -0.481 e. The van der Waals surface area contributed by atoms with Crippen molar-refractivity contribution in [3.8, 4) is 0 Å². The van der Waals surface area contributed by atoms with Gasteiger partial charge in [0, 0.05) is 11.3 Å². The lowest BCUT2D eigenvalue weighted by molar-refractivity contribution is -0.141. The number of carboxylic acids is 1. The van der Waals surface area contributed by atoms with Crippen molar-refractivity contribution < 1.29 is 19.4 Å². The fraction of sp³-hybridized carbons (Fsp3) is 0.643. The van der Waals surface area contributed by atoms with Gasteiger partial charge in [-0.05, 0) is 31.6 Å². The number of rotatable bonds is 5. The summed E-state index contributed by atoms with van der Waals surface area (Å²) in [4.78, 5) is 22.5. The maximum absolute atomic E-state index is 11.4. The summed E-state index contributed by atoms with van der Waals surface area (Å²) in [5.41, 5.74) is 2.96. The summed E-state index contributed by atoms with van der Waals surface area (Å²) in [7, 11) is 1.35. The van der Waals surface area contributed by atoms with E-state index in [1.54, 1.807) is 4.68 Å². The molecule has 1 unspecified atom stereocenters. The van der Waals surface area contributed by atoms with Gasteiger partial charge >= 0.3 is 11.9 Å². The quantitative estimate of drug-likeness (QED) is 0.827. The van der Waals surface area contributed by atoms with Crippen LogP contribution in [0.1, 0.15) is 49.1 Å². The number of fused-ring (bicyclic) bond motifs is 1. The average Bonchev–Trinajstić information content (AvgIpc) is 2.77. The Hall–Kier alpha value is -1.85. The van der Waals surface area contributed by atoms with Crippen molar-refractivity contribution in [2.45, 2.75) is 51.5 Å². The van der Waals surface area contributed by atoms with Crippen LogP contribution in [0.25, 0.3) is 0 Å². The summed E-state index contributed by atoms with van der Waals surface area (Å²) < 4.78 is 6.37. The number of carbonyl (C=O) groups excluding carboxylic acids is 1. The molecular weight excluding hydrogens is 260 g/mol. The third kappa shape index (κ3) is 2.84. The van der Waals surface area contributed by atoms with E-state index in [9.17, 15) is 9.59 Å². The number of hydrogen-bond acceptors (Lipinski definition) is 4. The molecule has 0 aromatic carbocycles. The van der Waals surface area contributed by atoms with Gasteiger partial charge in [-0.3, -0.25) is 14.3 Å². The highest BCUT2D eigenvalue weighted by Gasteiger charge is 2.29. The van der Waals surface area contributed by atoms with E-state index in [1.165, 1.54) is 7.11 Å². The summed E-state index contributed by atoms with van der Waals surface area (Å²) in [6.07, 6.45) is 3.52. The normalized spacial score (nSPS) is 17.6. The van der Waals surface area contributed by atoms with Crippen LogP contribution in [0, 0.1) is 0 Å². The number of carboxylic acid groups (broad SMARTS) is 1. The molecule has 1 heterocycles. The van der Waals surface area contributed by atoms with E-state index in [0.29, 0.717) is 0 Å². The maximum Gasteiger partial charge on any atom is 0.327 e. The number of ether oxygens (including phenoxy) is 1. The molecule has 2 rings (SSSR count). The lowest BCUT2D eigenvalue weighted by Crippen LogP contribution is -2.19. The molecule has 1 aromatic heterocycles. The Labute approximate surface area is 117 Å². The molecule has 0 fully saturated rings. The number of hydrogen-bond donors (Lipinski definition) is 1. The number of aliphatic carboxylic acids is 1. The van der Waals surface area contributed by atoms with E-state index in [4.69, 9.17) is 5.11 Å². The van der Waals surface area contributed by atoms with E-state index < -0.39 is 5.97 Å². The second-order valence-electron chi connectivity index (χ2n) is 5.08. The van der Waals surface area contributed by atoms with Gasteiger partial charge in [0.25, 0.3) is 0 Å². The van der Waals surface area contributed by atoms with Gasteiger partial charge < -0.3 is 9.84 Å². The van der Waals surface area contributed by atoms with Crippen molar-refractivity contribution in [3.63, 3.8) is 0 Å². The molecule has 1 atom stereocenters. The van der Waals surface area contributed by atoms with E-state index in [-0.39, 0.29) is 24.9 Å². The first kappa shape index (κ1) is 14.6. The van der Waals surface area contributed by atoms with Crippen LogP contribution in [0.15, 0.2) is 0 Å². The third-order valence-electron chi connectivity index (χ3n) is 3.81. The van der Waals surface area contributed by atoms with Crippen molar-refractivity contribution in [1.82, 2.24) is 9.78 Å². The highest BCUT2D eigenvalue weighted by molar-refractivity contribution is 5.69. The zero-order valence-corrected chi connectivity index (χ0v) is 11.9. The van der Waals surface area contributed by atoms with Crippen molar-refractivity contribution in [2.75, 3.05) is 7.11 Å². The number of aromatic nitrogens is 2. The lowest BCUT2D eigenvalue weighted by Gasteiger charge is -2.22. The topological polar surface area (TPSA) is 81.4 Å². The van der Waals surface area contributed by atoms with Crippen LogP contribution in [-0.4, -0.2) is 33.9 Å². The summed E-state index contributed by atoms with van der Waals surface area (Å²) in [5.74, 6) is -1.11. The first-order valence-electron chi connectivity index (χ1n) is 6.93. The Morgan fingerprint density at radius 3 is 2.85 bits per heavy atom. The van der Waals surface area contributed by atoms with Crippen LogP contribution < -0.4 is 0 Å². The second kappa shape index (κ2) is 6.07. The smallest absolute Gasteiger partial charge is 0.327 e. The van der Waals surface area contributed by atoms with Gasteiger partial charge in [0.1, 0.15) is 6.54 Å². The van der Waals surface area contributed by atoms with Crippen LogP contribution in [0.2, 0.25) is 0 Å². The number of methoxy groups -OCH3 is 1. The lowest BCUT2D eigenvalue weighted by atomic mass is 9.82. The number of esters is 1. The van der Waals surface area contributed by atoms with Crippen LogP contribution in [-0.2, 0) is 33.7 Å². The van der Waals surface area contributed by atoms with E-state index in [2.05, 4.69) is 9.84 Å². The molecule has 6 nitrogen and oxygen atoms in total. The summed E-state index contributed by atoms with van der Waals surface area (Å²) in [5, 5.41) is 13.5. The van der Waals surface area contributed by atoms with Crippen molar-refractivity contribution in [1.29, 1.82) is 0 Å². The zero-order valence-electron chi connectivity index (χ0n) is 11.9. The van der Waals surface area contributed by atoms with E-state index in [0.717, 1.165) is 42.6 Å². The Morgan fingerprint density at radius 2 is 2.25 bits per heavy atom. The Morgan fingerprint density at radius 1 is 1.50 bits per heavy atom. The Kier molecular flexibility index (Phi) is 4.42. The van der Waals surface area contributed by atoms with Crippen LogP contribution >= 0.6 is 0 Å². The third-order valence-corrected chi connectivity index (χ3v) is 3.81. The SMILES string of the molecule is CCc1nn(CC(=O)OC)c2c1C(CC(=O)O)CCC2. The predicted molar refractivity (Wildman–Crippen MR) is 71.6 cm³/mol. The standard InChI is InChI=1S/C14H20N2O4/c1-3-10-14-9(7-12(17)18)5-4-6-11(14)16(15-10)8-13(19)20-2/h9H,3-8H2,1-2H3,(H,17,18). The Bertz CT molecular complexity index is 521. The molecule has 0 radical (unpaired) electrons. The van der Waals surface area contributed by atoms with Gasteiger partial charge in [0.15, 0.2) is 0 Å². The molecule has 110 valence electrons.